The molecule has 0 aliphatic carbocycles. The maximum atomic E-state index is 12.9. The van der Waals surface area contributed by atoms with Crippen molar-refractivity contribution in [1.29, 1.82) is 0 Å². The molecule has 156 valence electrons. The quantitative estimate of drug-likeness (QED) is 0.628. The lowest BCUT2D eigenvalue weighted by Crippen LogP contribution is -2.55. The number of amides is 2. The van der Waals surface area contributed by atoms with E-state index in [1.54, 1.807) is 48.5 Å². The second-order valence-corrected chi connectivity index (χ2v) is 6.93. The van der Waals surface area contributed by atoms with Crippen molar-refractivity contribution < 1.29 is 14.3 Å². The second kappa shape index (κ2) is 12.0. The van der Waals surface area contributed by atoms with Crippen LogP contribution < -0.4 is 10.2 Å². The molecule has 0 heterocycles. The average molecular weight is 470 g/mol. The van der Waals surface area contributed by atoms with Gasteiger partial charge in [0.25, 0.3) is 11.8 Å². The summed E-state index contributed by atoms with van der Waals surface area (Å²) in [5.41, 5.74) is 2.90. The number of hydrazine groups is 1. The highest BCUT2D eigenvalue weighted by molar-refractivity contribution is 6.30. The van der Waals surface area contributed by atoms with E-state index in [1.807, 2.05) is 20.8 Å². The van der Waals surface area contributed by atoms with Crippen molar-refractivity contribution in [2.24, 2.45) is 0 Å². The minimum Gasteiger partial charge on any atom is -0.497 e. The standard InChI is InChI=1S/C19H21ClN2O3.3ClH/c1-19(2,3)22(18(24)14-6-5-7-16(12-14)25-4)21-17(23)13-8-10-15(20)11-9-13;;;/h5-12H,1-4H3,(H,21,23);3*1H. The molecule has 2 rings (SSSR count). The Morgan fingerprint density at radius 2 is 1.54 bits per heavy atom. The van der Waals surface area contributed by atoms with E-state index in [0.29, 0.717) is 21.9 Å². The summed E-state index contributed by atoms with van der Waals surface area (Å²) in [5.74, 6) is -0.139. The lowest BCUT2D eigenvalue weighted by molar-refractivity contribution is 0.0358. The van der Waals surface area contributed by atoms with E-state index in [9.17, 15) is 9.59 Å². The highest BCUT2D eigenvalue weighted by atomic mass is 35.5. The molecule has 5 nitrogen and oxygen atoms in total. The summed E-state index contributed by atoms with van der Waals surface area (Å²) in [5, 5.41) is 1.86. The fourth-order valence-corrected chi connectivity index (χ4v) is 2.30. The van der Waals surface area contributed by atoms with Crippen LogP contribution in [0, 0.1) is 0 Å². The van der Waals surface area contributed by atoms with Gasteiger partial charge in [-0.2, -0.15) is 0 Å². The molecule has 0 aromatic heterocycles. The van der Waals surface area contributed by atoms with Crippen molar-refractivity contribution in [3.8, 4) is 5.75 Å². The van der Waals surface area contributed by atoms with Crippen LogP contribution in [0.5, 0.6) is 5.75 Å². The number of methoxy groups -OCH3 is 1. The number of ether oxygens (including phenoxy) is 1. The lowest BCUT2D eigenvalue weighted by Gasteiger charge is -2.35. The number of benzene rings is 2. The number of halogens is 4. The lowest BCUT2D eigenvalue weighted by atomic mass is 10.1. The van der Waals surface area contributed by atoms with E-state index in [0.717, 1.165) is 0 Å². The molecule has 9 heteroatoms. The third kappa shape index (κ3) is 7.40. The molecule has 0 unspecified atom stereocenters. The Hall–Kier alpha value is -1.66. The largest absolute Gasteiger partial charge is 0.497 e. The van der Waals surface area contributed by atoms with Gasteiger partial charge in [0, 0.05) is 16.1 Å². The minimum atomic E-state index is -0.623. The van der Waals surface area contributed by atoms with Crippen molar-refractivity contribution in [2.45, 2.75) is 26.3 Å². The van der Waals surface area contributed by atoms with Gasteiger partial charge in [-0.3, -0.25) is 15.0 Å². The summed E-state index contributed by atoms with van der Waals surface area (Å²) >= 11 is 5.85. The van der Waals surface area contributed by atoms with Crippen molar-refractivity contribution in [1.82, 2.24) is 10.4 Å². The van der Waals surface area contributed by atoms with Crippen molar-refractivity contribution in [3.63, 3.8) is 0 Å². The molecule has 0 saturated heterocycles. The van der Waals surface area contributed by atoms with Gasteiger partial charge in [0.2, 0.25) is 0 Å². The maximum Gasteiger partial charge on any atom is 0.272 e. The molecule has 28 heavy (non-hydrogen) atoms. The van der Waals surface area contributed by atoms with Crippen molar-refractivity contribution >= 4 is 60.6 Å². The molecule has 2 amide bonds. The Balaban J connectivity index is 0. The third-order valence-corrected chi connectivity index (χ3v) is 3.76. The average Bonchev–Trinajstić information content (AvgIpc) is 2.58. The molecular weight excluding hydrogens is 446 g/mol. The van der Waals surface area contributed by atoms with Gasteiger partial charge in [0.15, 0.2) is 0 Å². The molecule has 2 aromatic rings. The van der Waals surface area contributed by atoms with Gasteiger partial charge >= 0.3 is 0 Å². The summed E-state index contributed by atoms with van der Waals surface area (Å²) in [6.07, 6.45) is 0. The van der Waals surface area contributed by atoms with Gasteiger partial charge < -0.3 is 4.74 Å². The highest BCUT2D eigenvalue weighted by Crippen LogP contribution is 2.19. The number of nitrogens with one attached hydrogen (secondary N) is 1. The zero-order valence-electron chi connectivity index (χ0n) is 15.9. The monoisotopic (exact) mass is 468 g/mol. The van der Waals surface area contributed by atoms with Gasteiger partial charge in [0.1, 0.15) is 5.75 Å². The number of rotatable bonds is 3. The predicted octanol–water partition coefficient (Wildman–Crippen LogP) is 5.20. The van der Waals surface area contributed by atoms with E-state index in [2.05, 4.69) is 5.43 Å². The van der Waals surface area contributed by atoms with E-state index >= 15 is 0 Å². The Kier molecular flexibility index (Phi) is 12.3. The van der Waals surface area contributed by atoms with Crippen LogP contribution in [0.15, 0.2) is 48.5 Å². The van der Waals surface area contributed by atoms with E-state index in [4.69, 9.17) is 16.3 Å². The molecule has 0 bridgehead atoms. The first kappa shape index (κ1) is 28.5. The van der Waals surface area contributed by atoms with Crippen LogP contribution in [0.3, 0.4) is 0 Å². The fourth-order valence-electron chi connectivity index (χ4n) is 2.18. The van der Waals surface area contributed by atoms with Gasteiger partial charge in [-0.1, -0.05) is 17.7 Å². The summed E-state index contributed by atoms with van der Waals surface area (Å²) < 4.78 is 5.16. The summed E-state index contributed by atoms with van der Waals surface area (Å²) in [6.45, 7) is 5.52. The zero-order chi connectivity index (χ0) is 18.6. The first-order chi connectivity index (χ1) is 11.7. The highest BCUT2D eigenvalue weighted by Gasteiger charge is 2.29. The Morgan fingerprint density at radius 3 is 2.04 bits per heavy atom. The number of carbonyl (C=O) groups is 2. The van der Waals surface area contributed by atoms with Crippen LogP contribution in [-0.4, -0.2) is 29.5 Å². The molecule has 0 aliphatic heterocycles. The first-order valence-corrected chi connectivity index (χ1v) is 8.15. The molecule has 0 atom stereocenters. The van der Waals surface area contributed by atoms with E-state index in [1.165, 1.54) is 12.1 Å². The fraction of sp³-hybridized carbons (Fsp3) is 0.263. The van der Waals surface area contributed by atoms with Gasteiger partial charge in [0.05, 0.1) is 12.6 Å². The molecule has 0 saturated carbocycles. The van der Waals surface area contributed by atoms with Gasteiger partial charge in [-0.15, -0.1) is 37.2 Å². The zero-order valence-corrected chi connectivity index (χ0v) is 19.1. The molecule has 0 spiro atoms. The van der Waals surface area contributed by atoms with Gasteiger partial charge in [-0.25, -0.2) is 5.01 Å². The molecule has 0 radical (unpaired) electrons. The topological polar surface area (TPSA) is 58.6 Å². The summed E-state index contributed by atoms with van der Waals surface area (Å²) in [7, 11) is 1.54. The number of carbonyl (C=O) groups excluding carboxylic acids is 2. The van der Waals surface area contributed by atoms with Crippen LogP contribution in [0.25, 0.3) is 0 Å². The van der Waals surface area contributed by atoms with E-state index in [-0.39, 0.29) is 49.0 Å². The first-order valence-electron chi connectivity index (χ1n) is 7.77. The van der Waals surface area contributed by atoms with Gasteiger partial charge in [-0.05, 0) is 63.2 Å². The van der Waals surface area contributed by atoms with Crippen LogP contribution in [0.4, 0.5) is 0 Å². The smallest absolute Gasteiger partial charge is 0.272 e. The second-order valence-electron chi connectivity index (χ2n) is 6.49. The molecular formula is C19H24Cl4N2O3. The van der Waals surface area contributed by atoms with Crippen molar-refractivity contribution in [2.75, 3.05) is 7.11 Å². The predicted molar refractivity (Wildman–Crippen MR) is 120 cm³/mol. The normalized spacial score (nSPS) is 9.75. The molecule has 1 N–H and O–H groups in total. The Labute approximate surface area is 189 Å². The van der Waals surface area contributed by atoms with Crippen LogP contribution in [-0.2, 0) is 0 Å². The van der Waals surface area contributed by atoms with Crippen molar-refractivity contribution in [3.05, 3.63) is 64.7 Å². The molecule has 0 aliphatic rings. The summed E-state index contributed by atoms with van der Waals surface area (Å²) in [4.78, 5) is 25.4. The SMILES string of the molecule is COc1cccc(C(=O)N(NC(=O)c2ccc(Cl)cc2)C(C)(C)C)c1.Cl.Cl.Cl. The van der Waals surface area contributed by atoms with Crippen LogP contribution >= 0.6 is 48.8 Å². The number of nitrogens with zero attached hydrogens (tertiary/aromatic N) is 1. The molecule has 2 aromatic carbocycles. The van der Waals surface area contributed by atoms with Crippen LogP contribution in [0.2, 0.25) is 5.02 Å². The molecule has 0 fully saturated rings. The van der Waals surface area contributed by atoms with E-state index < -0.39 is 5.54 Å². The Morgan fingerprint density at radius 1 is 0.964 bits per heavy atom. The number of hydrogen-bond acceptors (Lipinski definition) is 3. The van der Waals surface area contributed by atoms with Crippen LogP contribution in [0.1, 0.15) is 41.5 Å². The summed E-state index contributed by atoms with van der Waals surface area (Å²) in [6, 6.07) is 13.3. The Bertz CT molecular complexity index is 777. The number of hydrogen-bond donors (Lipinski definition) is 1. The minimum absolute atomic E-state index is 0. The maximum absolute atomic E-state index is 12.9. The third-order valence-electron chi connectivity index (χ3n) is 3.51.